The van der Waals surface area contributed by atoms with Crippen molar-refractivity contribution in [1.82, 2.24) is 4.57 Å². The van der Waals surface area contributed by atoms with Crippen LogP contribution in [0.1, 0.15) is 57.6 Å². The van der Waals surface area contributed by atoms with Gasteiger partial charge in [0.05, 0.1) is 6.10 Å². The molecule has 0 aromatic carbocycles. The summed E-state index contributed by atoms with van der Waals surface area (Å²) in [6, 6.07) is 1.17. The second-order valence-corrected chi connectivity index (χ2v) is 8.41. The van der Waals surface area contributed by atoms with E-state index < -0.39 is 15.0 Å². The molecule has 7 heteroatoms. The molecule has 1 unspecified atom stereocenters. The molecule has 0 saturated heterocycles. The molecule has 0 N–H and O–H groups in total. The van der Waals surface area contributed by atoms with Crippen molar-refractivity contribution < 1.29 is 17.9 Å². The highest BCUT2D eigenvalue weighted by molar-refractivity contribution is 8.13. The van der Waals surface area contributed by atoms with Crippen LogP contribution >= 0.6 is 10.7 Å². The molecule has 0 aliphatic carbocycles. The molecule has 0 fully saturated rings. The largest absolute Gasteiger partial charge is 0.458 e. The number of ether oxygens (including phenoxy) is 1. The smallest absolute Gasteiger partial charge is 0.355 e. The number of carbonyl (C=O) groups excluding carboxylic acids is 1. The molecule has 0 bridgehead atoms. The maximum atomic E-state index is 12.2. The van der Waals surface area contributed by atoms with Crippen LogP contribution in [0.5, 0.6) is 0 Å². The van der Waals surface area contributed by atoms with Gasteiger partial charge in [-0.25, -0.2) is 13.2 Å². The van der Waals surface area contributed by atoms with E-state index in [2.05, 4.69) is 0 Å². The Labute approximate surface area is 130 Å². The molecule has 1 atom stereocenters. The number of carbonyl (C=O) groups is 1. The number of hydrogen-bond donors (Lipinski definition) is 0. The number of rotatable bonds is 6. The third-order valence-corrected chi connectivity index (χ3v) is 4.30. The van der Waals surface area contributed by atoms with Crippen molar-refractivity contribution >= 4 is 25.7 Å². The van der Waals surface area contributed by atoms with Gasteiger partial charge in [-0.05, 0) is 39.2 Å². The maximum Gasteiger partial charge on any atom is 0.355 e. The Morgan fingerprint density at radius 3 is 2.29 bits per heavy atom. The zero-order chi connectivity index (χ0) is 16.4. The van der Waals surface area contributed by atoms with E-state index in [1.165, 1.54) is 12.3 Å². The molecule has 1 heterocycles. The van der Waals surface area contributed by atoms with Gasteiger partial charge in [0, 0.05) is 22.9 Å². The molecule has 0 spiro atoms. The number of halogens is 1. The summed E-state index contributed by atoms with van der Waals surface area (Å²) in [5, 5.41) is 0. The van der Waals surface area contributed by atoms with Crippen LogP contribution in [0.3, 0.4) is 0 Å². The van der Waals surface area contributed by atoms with E-state index in [4.69, 9.17) is 15.4 Å². The van der Waals surface area contributed by atoms with Gasteiger partial charge in [0.1, 0.15) is 10.6 Å². The molecule has 21 heavy (non-hydrogen) atoms. The highest BCUT2D eigenvalue weighted by atomic mass is 35.7. The van der Waals surface area contributed by atoms with Gasteiger partial charge in [0.25, 0.3) is 9.05 Å². The molecule has 0 aliphatic rings. The lowest BCUT2D eigenvalue weighted by Gasteiger charge is -2.17. The van der Waals surface area contributed by atoms with E-state index in [-0.39, 0.29) is 22.7 Å². The summed E-state index contributed by atoms with van der Waals surface area (Å²) in [6.07, 6.45) is 1.87. The van der Waals surface area contributed by atoms with Crippen LogP contribution in [0.2, 0.25) is 0 Å². The van der Waals surface area contributed by atoms with Gasteiger partial charge in [-0.2, -0.15) is 0 Å². The van der Waals surface area contributed by atoms with Crippen molar-refractivity contribution in [2.24, 2.45) is 5.92 Å². The molecule has 0 aliphatic heterocycles. The fourth-order valence-corrected chi connectivity index (χ4v) is 2.88. The Morgan fingerprint density at radius 2 is 1.86 bits per heavy atom. The Hall–Kier alpha value is -1.01. The van der Waals surface area contributed by atoms with Crippen molar-refractivity contribution in [3.05, 3.63) is 18.0 Å². The molecule has 1 rings (SSSR count). The summed E-state index contributed by atoms with van der Waals surface area (Å²) in [4.78, 5) is 12.1. The van der Waals surface area contributed by atoms with Crippen molar-refractivity contribution in [2.45, 2.75) is 58.1 Å². The van der Waals surface area contributed by atoms with Gasteiger partial charge in [-0.15, -0.1) is 0 Å². The first-order valence-corrected chi connectivity index (χ1v) is 9.20. The molecule has 0 amide bonds. The summed E-state index contributed by atoms with van der Waals surface area (Å²) in [5.74, 6) is -0.133. The molecule has 0 radical (unpaired) electrons. The average molecular weight is 336 g/mol. The van der Waals surface area contributed by atoms with E-state index in [1.54, 1.807) is 4.57 Å². The van der Waals surface area contributed by atoms with Gasteiger partial charge >= 0.3 is 5.97 Å². The van der Waals surface area contributed by atoms with Gasteiger partial charge in [-0.1, -0.05) is 13.8 Å². The molecular weight excluding hydrogens is 314 g/mol. The molecule has 1 aromatic heterocycles. The first-order chi connectivity index (χ1) is 9.52. The fraction of sp³-hybridized carbons (Fsp3) is 0.643. The highest BCUT2D eigenvalue weighted by Crippen LogP contribution is 2.23. The highest BCUT2D eigenvalue weighted by Gasteiger charge is 2.23. The minimum atomic E-state index is -3.88. The maximum absolute atomic E-state index is 12.2. The Morgan fingerprint density at radius 1 is 1.29 bits per heavy atom. The first-order valence-electron chi connectivity index (χ1n) is 6.89. The minimum absolute atomic E-state index is 0.0832. The van der Waals surface area contributed by atoms with Crippen LogP contribution < -0.4 is 0 Å². The Kier molecular flexibility index (Phi) is 5.87. The predicted octanol–water partition coefficient (Wildman–Crippen LogP) is 3.59. The lowest BCUT2D eigenvalue weighted by Crippen LogP contribution is -2.20. The van der Waals surface area contributed by atoms with Crippen LogP contribution in [0.15, 0.2) is 17.2 Å². The van der Waals surface area contributed by atoms with E-state index in [0.29, 0.717) is 5.92 Å². The summed E-state index contributed by atoms with van der Waals surface area (Å²) in [7, 11) is 1.46. The van der Waals surface area contributed by atoms with Gasteiger partial charge < -0.3 is 9.30 Å². The number of hydrogen-bond acceptors (Lipinski definition) is 4. The van der Waals surface area contributed by atoms with Gasteiger partial charge in [0.15, 0.2) is 0 Å². The summed E-state index contributed by atoms with van der Waals surface area (Å²) in [5.41, 5.74) is 0.194. The van der Waals surface area contributed by atoms with E-state index in [0.717, 1.165) is 6.42 Å². The Balaban J connectivity index is 3.06. The monoisotopic (exact) mass is 335 g/mol. The van der Waals surface area contributed by atoms with Crippen LogP contribution in [-0.2, 0) is 13.8 Å². The minimum Gasteiger partial charge on any atom is -0.458 e. The molecule has 0 saturated carbocycles. The summed E-state index contributed by atoms with van der Waals surface area (Å²) >= 11 is 0. The third-order valence-electron chi connectivity index (χ3n) is 2.98. The number of esters is 1. The molecule has 1 aromatic rings. The average Bonchev–Trinajstić information content (AvgIpc) is 2.71. The second-order valence-electron chi connectivity index (χ2n) is 5.85. The lowest BCUT2D eigenvalue weighted by molar-refractivity contribution is 0.0285. The number of nitrogens with zero attached hydrogens (tertiary/aromatic N) is 1. The third kappa shape index (κ3) is 5.04. The quantitative estimate of drug-likeness (QED) is 0.588. The van der Waals surface area contributed by atoms with Crippen molar-refractivity contribution in [3.8, 4) is 0 Å². The molecule has 5 nitrogen and oxygen atoms in total. The van der Waals surface area contributed by atoms with Crippen LogP contribution in [-0.4, -0.2) is 25.1 Å². The van der Waals surface area contributed by atoms with Crippen molar-refractivity contribution in [3.63, 3.8) is 0 Å². The van der Waals surface area contributed by atoms with Crippen molar-refractivity contribution in [1.29, 1.82) is 0 Å². The normalized spacial score (nSPS) is 13.7. The molecular formula is C14H22ClNO4S. The fourth-order valence-electron chi connectivity index (χ4n) is 2.13. The zero-order valence-corrected chi connectivity index (χ0v) is 14.5. The van der Waals surface area contributed by atoms with E-state index >= 15 is 0 Å². The van der Waals surface area contributed by atoms with Gasteiger partial charge in [0.2, 0.25) is 0 Å². The first kappa shape index (κ1) is 18.0. The Bertz CT molecular complexity index is 604. The van der Waals surface area contributed by atoms with Crippen LogP contribution in [0.25, 0.3) is 0 Å². The van der Waals surface area contributed by atoms with Crippen molar-refractivity contribution in [2.75, 3.05) is 0 Å². The van der Waals surface area contributed by atoms with E-state index in [9.17, 15) is 13.2 Å². The lowest BCUT2D eigenvalue weighted by atomic mass is 10.1. The van der Waals surface area contributed by atoms with Gasteiger partial charge in [-0.3, -0.25) is 0 Å². The standard InChI is InChI=1S/C14H22ClNO4S/c1-9(2)6-11(5)20-14(17)13-7-12(21(15,18)19)8-16(13)10(3)4/h7-11H,6H2,1-5H3. The number of aromatic nitrogens is 1. The topological polar surface area (TPSA) is 65.4 Å². The summed E-state index contributed by atoms with van der Waals surface area (Å²) < 4.78 is 29.7. The summed E-state index contributed by atoms with van der Waals surface area (Å²) in [6.45, 7) is 9.59. The predicted molar refractivity (Wildman–Crippen MR) is 82.2 cm³/mol. The SMILES string of the molecule is CC(C)CC(C)OC(=O)c1cc(S(=O)(=O)Cl)cn1C(C)C. The zero-order valence-electron chi connectivity index (χ0n) is 13.0. The second kappa shape index (κ2) is 6.83. The van der Waals surface area contributed by atoms with Crippen LogP contribution in [0.4, 0.5) is 0 Å². The van der Waals surface area contributed by atoms with E-state index in [1.807, 2.05) is 34.6 Å². The van der Waals surface area contributed by atoms with Crippen LogP contribution in [0, 0.1) is 5.92 Å². The molecule has 120 valence electrons.